The van der Waals surface area contributed by atoms with E-state index in [0.29, 0.717) is 5.92 Å². The van der Waals surface area contributed by atoms with E-state index in [4.69, 9.17) is 0 Å². The summed E-state index contributed by atoms with van der Waals surface area (Å²) in [5.41, 5.74) is 0. The molecule has 2 aromatic rings. The van der Waals surface area contributed by atoms with Crippen molar-refractivity contribution in [3.8, 4) is 0 Å². The molecule has 3 heterocycles. The highest BCUT2D eigenvalue weighted by molar-refractivity contribution is 7.12. The van der Waals surface area contributed by atoms with E-state index in [1.165, 1.54) is 24.2 Å². The first-order chi connectivity index (χ1) is 10.3. The molecule has 5 nitrogen and oxygen atoms in total. The third-order valence-corrected chi connectivity index (χ3v) is 5.16. The van der Waals surface area contributed by atoms with Gasteiger partial charge >= 0.3 is 0 Å². The summed E-state index contributed by atoms with van der Waals surface area (Å²) in [6, 6.07) is 4.01. The summed E-state index contributed by atoms with van der Waals surface area (Å²) in [6.45, 7) is 0.920. The van der Waals surface area contributed by atoms with Gasteiger partial charge < -0.3 is 9.88 Å². The van der Waals surface area contributed by atoms with Crippen molar-refractivity contribution in [2.45, 2.75) is 50.6 Å². The number of carbonyl (C=O) groups excluding carboxylic acids is 1. The maximum absolute atomic E-state index is 12.1. The number of amides is 1. The van der Waals surface area contributed by atoms with Gasteiger partial charge in [0.25, 0.3) is 5.91 Å². The molecule has 1 atom stereocenters. The number of nitrogens with zero attached hydrogens (tertiary/aromatic N) is 3. The first kappa shape index (κ1) is 13.0. The van der Waals surface area contributed by atoms with Gasteiger partial charge in [0.2, 0.25) is 0 Å². The highest BCUT2D eigenvalue weighted by Crippen LogP contribution is 2.39. The molecule has 0 saturated heterocycles. The van der Waals surface area contributed by atoms with Crippen LogP contribution in [0.4, 0.5) is 0 Å². The van der Waals surface area contributed by atoms with Crippen LogP contribution in [-0.4, -0.2) is 26.7 Å². The molecule has 1 aliphatic carbocycles. The molecule has 0 aromatic carbocycles. The Bertz CT molecular complexity index is 645. The molecule has 4 rings (SSSR count). The standard InChI is InChI=1S/C15H18N4OS/c20-15(12-2-1-9-21-12)16-11-5-6-13-17-18-14(10-3-4-10)19(13)8-7-11/h1-2,9-11H,3-8H2,(H,16,20). The van der Waals surface area contributed by atoms with Crippen molar-refractivity contribution in [1.29, 1.82) is 0 Å². The second-order valence-corrected chi connectivity index (χ2v) is 6.82. The number of nitrogens with one attached hydrogen (secondary N) is 1. The third-order valence-electron chi connectivity index (χ3n) is 4.30. The van der Waals surface area contributed by atoms with Crippen LogP contribution in [0.5, 0.6) is 0 Å². The number of rotatable bonds is 3. The number of thiophene rings is 1. The highest BCUT2D eigenvalue weighted by atomic mass is 32.1. The average molecular weight is 302 g/mol. The molecular formula is C15H18N4OS. The fourth-order valence-electron chi connectivity index (χ4n) is 2.96. The van der Waals surface area contributed by atoms with E-state index in [-0.39, 0.29) is 11.9 Å². The fourth-order valence-corrected chi connectivity index (χ4v) is 3.59. The molecular weight excluding hydrogens is 284 g/mol. The van der Waals surface area contributed by atoms with Gasteiger partial charge in [0.15, 0.2) is 0 Å². The minimum Gasteiger partial charge on any atom is -0.349 e. The van der Waals surface area contributed by atoms with Gasteiger partial charge in [0.1, 0.15) is 11.6 Å². The van der Waals surface area contributed by atoms with Gasteiger partial charge in [0, 0.05) is 24.9 Å². The van der Waals surface area contributed by atoms with Crippen LogP contribution in [0, 0.1) is 0 Å². The summed E-state index contributed by atoms with van der Waals surface area (Å²) >= 11 is 1.49. The van der Waals surface area contributed by atoms with E-state index in [1.54, 1.807) is 0 Å². The molecule has 21 heavy (non-hydrogen) atoms. The maximum atomic E-state index is 12.1. The van der Waals surface area contributed by atoms with Gasteiger partial charge in [-0.1, -0.05) is 6.07 Å². The molecule has 1 saturated carbocycles. The Labute approximate surface area is 127 Å². The monoisotopic (exact) mass is 302 g/mol. The van der Waals surface area contributed by atoms with Gasteiger partial charge in [-0.3, -0.25) is 4.79 Å². The van der Waals surface area contributed by atoms with E-state index >= 15 is 0 Å². The summed E-state index contributed by atoms with van der Waals surface area (Å²) in [5.74, 6) is 2.93. The van der Waals surface area contributed by atoms with E-state index in [1.807, 2.05) is 17.5 Å². The van der Waals surface area contributed by atoms with Crippen LogP contribution >= 0.6 is 11.3 Å². The second kappa shape index (κ2) is 5.26. The molecule has 0 spiro atoms. The molecule has 0 bridgehead atoms. The zero-order valence-electron chi connectivity index (χ0n) is 11.8. The molecule has 2 aliphatic rings. The number of hydrogen-bond donors (Lipinski definition) is 1. The van der Waals surface area contributed by atoms with Crippen LogP contribution in [0.25, 0.3) is 0 Å². The zero-order chi connectivity index (χ0) is 14.2. The fraction of sp³-hybridized carbons (Fsp3) is 0.533. The molecule has 6 heteroatoms. The Balaban J connectivity index is 1.43. The first-order valence-electron chi connectivity index (χ1n) is 7.57. The van der Waals surface area contributed by atoms with Crippen molar-refractivity contribution in [3.05, 3.63) is 34.0 Å². The van der Waals surface area contributed by atoms with Crippen LogP contribution in [0.15, 0.2) is 17.5 Å². The predicted molar refractivity (Wildman–Crippen MR) is 80.5 cm³/mol. The van der Waals surface area contributed by atoms with Crippen molar-refractivity contribution < 1.29 is 4.79 Å². The van der Waals surface area contributed by atoms with Gasteiger partial charge in [-0.05, 0) is 37.1 Å². The molecule has 0 radical (unpaired) electrons. The summed E-state index contributed by atoms with van der Waals surface area (Å²) in [7, 11) is 0. The zero-order valence-corrected chi connectivity index (χ0v) is 12.6. The van der Waals surface area contributed by atoms with Gasteiger partial charge in [-0.2, -0.15) is 0 Å². The molecule has 1 N–H and O–H groups in total. The predicted octanol–water partition coefficient (Wildman–Crippen LogP) is 2.35. The van der Waals surface area contributed by atoms with E-state index in [0.717, 1.165) is 42.3 Å². The van der Waals surface area contributed by atoms with Gasteiger partial charge in [-0.25, -0.2) is 0 Å². The summed E-state index contributed by atoms with van der Waals surface area (Å²) < 4.78 is 2.29. The van der Waals surface area contributed by atoms with Crippen molar-refractivity contribution in [2.75, 3.05) is 0 Å². The number of fused-ring (bicyclic) bond motifs is 1. The SMILES string of the molecule is O=C(NC1CCc2nnc(C3CC3)n2CC1)c1cccs1. The molecule has 1 fully saturated rings. The Morgan fingerprint density at radius 2 is 2.19 bits per heavy atom. The van der Waals surface area contributed by atoms with E-state index in [9.17, 15) is 4.79 Å². The number of carbonyl (C=O) groups is 1. The minimum atomic E-state index is 0.0510. The van der Waals surface area contributed by atoms with Gasteiger partial charge in [-0.15, -0.1) is 21.5 Å². The molecule has 1 aliphatic heterocycles. The van der Waals surface area contributed by atoms with Crippen molar-refractivity contribution in [3.63, 3.8) is 0 Å². The summed E-state index contributed by atoms with van der Waals surface area (Å²) in [4.78, 5) is 12.9. The van der Waals surface area contributed by atoms with Crippen LogP contribution in [0.3, 0.4) is 0 Å². The lowest BCUT2D eigenvalue weighted by Crippen LogP contribution is -2.34. The molecule has 110 valence electrons. The smallest absolute Gasteiger partial charge is 0.261 e. The Morgan fingerprint density at radius 1 is 1.29 bits per heavy atom. The third kappa shape index (κ3) is 2.60. The Hall–Kier alpha value is -1.69. The summed E-state index contributed by atoms with van der Waals surface area (Å²) in [6.07, 6.45) is 5.30. The van der Waals surface area contributed by atoms with Crippen molar-refractivity contribution in [2.24, 2.45) is 0 Å². The first-order valence-corrected chi connectivity index (χ1v) is 8.45. The topological polar surface area (TPSA) is 59.8 Å². The van der Waals surface area contributed by atoms with Gasteiger partial charge in [0.05, 0.1) is 4.88 Å². The number of aryl methyl sites for hydroxylation is 1. The highest BCUT2D eigenvalue weighted by Gasteiger charge is 2.31. The van der Waals surface area contributed by atoms with Crippen LogP contribution in [0.2, 0.25) is 0 Å². The quantitative estimate of drug-likeness (QED) is 0.947. The summed E-state index contributed by atoms with van der Waals surface area (Å²) in [5, 5.41) is 13.8. The molecule has 2 aromatic heterocycles. The Kier molecular flexibility index (Phi) is 3.25. The second-order valence-electron chi connectivity index (χ2n) is 5.88. The lowest BCUT2D eigenvalue weighted by molar-refractivity contribution is 0.0937. The largest absolute Gasteiger partial charge is 0.349 e. The van der Waals surface area contributed by atoms with Crippen molar-refractivity contribution >= 4 is 17.2 Å². The normalized spacial score (nSPS) is 21.6. The van der Waals surface area contributed by atoms with Crippen LogP contribution in [0.1, 0.15) is 52.9 Å². The average Bonchev–Trinajstić information content (AvgIpc) is 3.09. The van der Waals surface area contributed by atoms with Crippen molar-refractivity contribution in [1.82, 2.24) is 20.1 Å². The maximum Gasteiger partial charge on any atom is 0.261 e. The van der Waals surface area contributed by atoms with E-state index < -0.39 is 0 Å². The molecule has 1 unspecified atom stereocenters. The lowest BCUT2D eigenvalue weighted by atomic mass is 10.1. The molecule has 1 amide bonds. The lowest BCUT2D eigenvalue weighted by Gasteiger charge is -2.15. The number of hydrogen-bond acceptors (Lipinski definition) is 4. The number of aromatic nitrogens is 3. The van der Waals surface area contributed by atoms with Crippen LogP contribution < -0.4 is 5.32 Å². The van der Waals surface area contributed by atoms with Crippen LogP contribution in [-0.2, 0) is 13.0 Å². The van der Waals surface area contributed by atoms with E-state index in [2.05, 4.69) is 20.1 Å². The Morgan fingerprint density at radius 3 is 2.95 bits per heavy atom. The minimum absolute atomic E-state index is 0.0510.